The Morgan fingerprint density at radius 3 is 2.62 bits per heavy atom. The van der Waals surface area contributed by atoms with E-state index in [1.165, 1.54) is 6.20 Å². The molecule has 0 aliphatic rings. The van der Waals surface area contributed by atoms with Gasteiger partial charge in [-0.1, -0.05) is 0 Å². The van der Waals surface area contributed by atoms with Crippen LogP contribution in [0.5, 0.6) is 0 Å². The molecule has 0 aliphatic heterocycles. The minimum absolute atomic E-state index is 0.147. The number of esters is 1. The molecule has 1 amide bonds. The highest BCUT2D eigenvalue weighted by atomic mass is 16.5. The van der Waals surface area contributed by atoms with Crippen molar-refractivity contribution in [2.24, 2.45) is 0 Å². The summed E-state index contributed by atoms with van der Waals surface area (Å²) in [5.41, 5.74) is 4.56. The van der Waals surface area contributed by atoms with Crippen molar-refractivity contribution < 1.29 is 14.3 Å². The summed E-state index contributed by atoms with van der Waals surface area (Å²) >= 11 is 0. The van der Waals surface area contributed by atoms with Crippen LogP contribution in [0.25, 0.3) is 5.65 Å². The van der Waals surface area contributed by atoms with E-state index in [4.69, 9.17) is 10.00 Å². The number of hydrogen-bond acceptors (Lipinski definition) is 6. The van der Waals surface area contributed by atoms with Crippen molar-refractivity contribution in [1.29, 1.82) is 5.26 Å². The van der Waals surface area contributed by atoms with Gasteiger partial charge in [-0.2, -0.15) is 10.4 Å². The lowest BCUT2D eigenvalue weighted by molar-refractivity contribution is -0.116. The molecule has 2 aromatic heterocycles. The third kappa shape index (κ3) is 4.24. The Kier molecular flexibility index (Phi) is 5.88. The third-order valence-corrected chi connectivity index (χ3v) is 4.61. The van der Waals surface area contributed by atoms with Gasteiger partial charge in [0.2, 0.25) is 5.91 Å². The molecule has 0 atom stereocenters. The van der Waals surface area contributed by atoms with Gasteiger partial charge in [-0.15, -0.1) is 0 Å². The lowest BCUT2D eigenvalue weighted by Gasteiger charge is -2.11. The molecule has 3 rings (SSSR count). The summed E-state index contributed by atoms with van der Waals surface area (Å²) in [5, 5.41) is 16.2. The van der Waals surface area contributed by atoms with E-state index >= 15 is 0 Å². The highest BCUT2D eigenvalue weighted by Gasteiger charge is 2.15. The minimum atomic E-state index is -0.391. The van der Waals surface area contributed by atoms with Crippen LogP contribution < -0.4 is 5.32 Å². The molecule has 0 aliphatic carbocycles. The van der Waals surface area contributed by atoms with E-state index in [0.717, 1.165) is 17.0 Å². The van der Waals surface area contributed by atoms with Gasteiger partial charge in [0.05, 0.1) is 18.4 Å². The molecule has 0 radical (unpaired) electrons. The molecule has 0 spiro atoms. The number of nitrogens with one attached hydrogen (secondary N) is 1. The fraction of sp³-hybridized carbons (Fsp3) is 0.286. The summed E-state index contributed by atoms with van der Waals surface area (Å²) in [5.74, 6) is -0.539. The molecule has 0 saturated carbocycles. The van der Waals surface area contributed by atoms with E-state index in [1.54, 1.807) is 35.7 Å². The number of carbonyl (C=O) groups is 2. The Morgan fingerprint density at radius 1 is 1.24 bits per heavy atom. The van der Waals surface area contributed by atoms with E-state index < -0.39 is 5.97 Å². The first-order chi connectivity index (χ1) is 13.9. The Labute approximate surface area is 168 Å². The zero-order valence-corrected chi connectivity index (χ0v) is 16.5. The number of ether oxygens (including phenoxy) is 1. The minimum Gasteiger partial charge on any atom is -0.462 e. The van der Waals surface area contributed by atoms with Crippen molar-refractivity contribution in [3.8, 4) is 6.07 Å². The number of benzene rings is 1. The van der Waals surface area contributed by atoms with Crippen LogP contribution in [0.4, 0.5) is 5.69 Å². The molecule has 0 unspecified atom stereocenters. The number of anilines is 1. The average Bonchev–Trinajstić information content (AvgIpc) is 3.11. The molecule has 1 aromatic carbocycles. The number of aryl methyl sites for hydroxylation is 2. The molecule has 3 aromatic rings. The maximum absolute atomic E-state index is 12.4. The highest BCUT2D eigenvalue weighted by molar-refractivity contribution is 5.93. The summed E-state index contributed by atoms with van der Waals surface area (Å²) in [6.07, 6.45) is 2.25. The van der Waals surface area contributed by atoms with Gasteiger partial charge in [0.15, 0.2) is 5.65 Å². The zero-order chi connectivity index (χ0) is 21.0. The van der Waals surface area contributed by atoms with E-state index in [-0.39, 0.29) is 12.3 Å². The standard InChI is InChI=1S/C21H21N5O3/c1-4-29-21(28)15-5-7-17(8-6-15)25-19(27)10-9-18-13(2)24-20-16(11-22)12-23-26(20)14(18)3/h5-8,12H,4,9-10H2,1-3H3,(H,25,27). The molecule has 0 bridgehead atoms. The fourth-order valence-electron chi connectivity index (χ4n) is 3.12. The molecule has 1 N–H and O–H groups in total. The monoisotopic (exact) mass is 391 g/mol. The lowest BCUT2D eigenvalue weighted by Crippen LogP contribution is -2.14. The summed E-state index contributed by atoms with van der Waals surface area (Å²) in [6.45, 7) is 5.82. The summed E-state index contributed by atoms with van der Waals surface area (Å²) in [7, 11) is 0. The first kappa shape index (κ1) is 20.0. The first-order valence-electron chi connectivity index (χ1n) is 9.25. The number of amides is 1. The third-order valence-electron chi connectivity index (χ3n) is 4.61. The number of nitrogens with zero attached hydrogens (tertiary/aromatic N) is 4. The van der Waals surface area contributed by atoms with E-state index in [9.17, 15) is 9.59 Å². The van der Waals surface area contributed by atoms with Crippen molar-refractivity contribution in [3.63, 3.8) is 0 Å². The largest absolute Gasteiger partial charge is 0.462 e. The second kappa shape index (κ2) is 8.52. The zero-order valence-electron chi connectivity index (χ0n) is 16.5. The molecule has 8 heteroatoms. The normalized spacial score (nSPS) is 10.6. The van der Waals surface area contributed by atoms with Crippen molar-refractivity contribution in [2.75, 3.05) is 11.9 Å². The Bertz CT molecular complexity index is 1110. The van der Waals surface area contributed by atoms with Gasteiger partial charge in [0.25, 0.3) is 0 Å². The molecule has 0 fully saturated rings. The maximum Gasteiger partial charge on any atom is 0.338 e. The van der Waals surface area contributed by atoms with Crippen LogP contribution in [0.1, 0.15) is 46.2 Å². The Hall–Kier alpha value is -3.73. The van der Waals surface area contributed by atoms with Gasteiger partial charge in [-0.05, 0) is 57.0 Å². The van der Waals surface area contributed by atoms with Gasteiger partial charge < -0.3 is 10.1 Å². The van der Waals surface area contributed by atoms with E-state index in [2.05, 4.69) is 21.5 Å². The van der Waals surface area contributed by atoms with Crippen molar-refractivity contribution in [3.05, 3.63) is 58.5 Å². The highest BCUT2D eigenvalue weighted by Crippen LogP contribution is 2.19. The number of hydrogen-bond donors (Lipinski definition) is 1. The molecule has 2 heterocycles. The summed E-state index contributed by atoms with van der Waals surface area (Å²) in [4.78, 5) is 28.5. The molecular formula is C21H21N5O3. The molecule has 8 nitrogen and oxygen atoms in total. The maximum atomic E-state index is 12.4. The van der Waals surface area contributed by atoms with E-state index in [1.807, 2.05) is 13.8 Å². The molecule has 29 heavy (non-hydrogen) atoms. The van der Waals surface area contributed by atoms with Crippen molar-refractivity contribution in [2.45, 2.75) is 33.6 Å². The van der Waals surface area contributed by atoms with Crippen molar-refractivity contribution in [1.82, 2.24) is 14.6 Å². The Morgan fingerprint density at radius 2 is 1.97 bits per heavy atom. The first-order valence-corrected chi connectivity index (χ1v) is 9.25. The van der Waals surface area contributed by atoms with Crippen LogP contribution >= 0.6 is 0 Å². The number of carbonyl (C=O) groups excluding carboxylic acids is 2. The van der Waals surface area contributed by atoms with Crippen LogP contribution in [0.2, 0.25) is 0 Å². The fourth-order valence-corrected chi connectivity index (χ4v) is 3.12. The topological polar surface area (TPSA) is 109 Å². The van der Waals surface area contributed by atoms with Crippen LogP contribution in [0, 0.1) is 25.2 Å². The number of rotatable bonds is 6. The van der Waals surface area contributed by atoms with Crippen molar-refractivity contribution >= 4 is 23.2 Å². The predicted octanol–water partition coefficient (Wildman–Crippen LogP) is 2.97. The number of nitriles is 1. The van der Waals surface area contributed by atoms with E-state index in [0.29, 0.717) is 35.5 Å². The Balaban J connectivity index is 1.67. The molecular weight excluding hydrogens is 370 g/mol. The molecule has 0 saturated heterocycles. The van der Waals surface area contributed by atoms with Gasteiger partial charge in [-0.3, -0.25) is 4.79 Å². The van der Waals surface area contributed by atoms with Crippen LogP contribution in [-0.2, 0) is 16.0 Å². The predicted molar refractivity (Wildman–Crippen MR) is 107 cm³/mol. The number of fused-ring (bicyclic) bond motifs is 1. The SMILES string of the molecule is CCOC(=O)c1ccc(NC(=O)CCc2c(C)nc3c(C#N)cnn3c2C)cc1. The smallest absolute Gasteiger partial charge is 0.338 e. The van der Waals surface area contributed by atoms with Crippen LogP contribution in [0.3, 0.4) is 0 Å². The second-order valence-electron chi connectivity index (χ2n) is 6.51. The number of aromatic nitrogens is 3. The van der Waals surface area contributed by atoms with Crippen LogP contribution in [-0.4, -0.2) is 33.1 Å². The van der Waals surface area contributed by atoms with Gasteiger partial charge >= 0.3 is 5.97 Å². The van der Waals surface area contributed by atoms with Crippen LogP contribution in [0.15, 0.2) is 30.5 Å². The molecule has 148 valence electrons. The summed E-state index contributed by atoms with van der Waals surface area (Å²) < 4.78 is 6.57. The van der Waals surface area contributed by atoms with Gasteiger partial charge in [0.1, 0.15) is 11.6 Å². The average molecular weight is 391 g/mol. The lowest BCUT2D eigenvalue weighted by atomic mass is 10.1. The van der Waals surface area contributed by atoms with Gasteiger partial charge in [-0.25, -0.2) is 14.3 Å². The quantitative estimate of drug-likeness (QED) is 0.647. The second-order valence-corrected chi connectivity index (χ2v) is 6.51. The summed E-state index contributed by atoms with van der Waals surface area (Å²) in [6, 6.07) is 8.65. The van der Waals surface area contributed by atoms with Gasteiger partial charge in [0, 0.05) is 23.5 Å².